The van der Waals surface area contributed by atoms with E-state index >= 15 is 0 Å². The van der Waals surface area contributed by atoms with E-state index in [9.17, 15) is 29.4 Å². The maximum absolute atomic E-state index is 14.1. The summed E-state index contributed by atoms with van der Waals surface area (Å²) in [7, 11) is 4.85. The van der Waals surface area contributed by atoms with Gasteiger partial charge in [0.15, 0.2) is 0 Å². The zero-order valence-electron chi connectivity index (χ0n) is 30.2. The Bertz CT molecular complexity index is 1650. The van der Waals surface area contributed by atoms with E-state index in [4.69, 9.17) is 23.7 Å². The molecule has 278 valence electrons. The van der Waals surface area contributed by atoms with Crippen LogP contribution in [0.1, 0.15) is 63.2 Å². The van der Waals surface area contributed by atoms with E-state index in [1.54, 1.807) is 52.5 Å². The first-order valence-corrected chi connectivity index (χ1v) is 18.4. The predicted molar refractivity (Wildman–Crippen MR) is 179 cm³/mol. The molecule has 2 N–H and O–H groups in total. The molecule has 7 aliphatic rings. The van der Waals surface area contributed by atoms with Crippen LogP contribution >= 0.6 is 0 Å². The van der Waals surface area contributed by atoms with Crippen molar-refractivity contribution in [3.8, 4) is 0 Å². The number of benzene rings is 1. The van der Waals surface area contributed by atoms with E-state index < -0.39 is 76.1 Å². The van der Waals surface area contributed by atoms with Gasteiger partial charge in [-0.15, -0.1) is 0 Å². The number of nitrogens with zero attached hydrogens (tertiary/aromatic N) is 2. The van der Waals surface area contributed by atoms with E-state index in [0.29, 0.717) is 32.4 Å². The molecule has 4 unspecified atom stereocenters. The Labute approximate surface area is 297 Å². The van der Waals surface area contributed by atoms with Gasteiger partial charge in [-0.05, 0) is 43.9 Å². The number of esters is 2. The van der Waals surface area contributed by atoms with Gasteiger partial charge in [-0.1, -0.05) is 26.0 Å². The first-order chi connectivity index (χ1) is 24.3. The first-order valence-electron chi connectivity index (χ1n) is 18.4. The molecule has 0 aromatic heterocycles. The Kier molecular flexibility index (Phi) is 8.11. The molecular weight excluding hydrogens is 660 g/mol. The minimum atomic E-state index is -1.82. The SMILES string of the molecule is CCN1C[C@]2(COC(=O)c3ccccc3N3C(=O)C[C@@H](C)C3=O)CCC(OC)C34C1C(O)([C@@H](OC)[C@@H]32)[C@@]1(O)C[C@H](OC)[C@H]2C[C@@H]4[C@@H]1[C@H]2OC(C)=O. The van der Waals surface area contributed by atoms with Crippen LogP contribution in [-0.4, -0.2) is 122 Å². The number of rotatable bonds is 9. The molecule has 1 spiro atoms. The van der Waals surface area contributed by atoms with Gasteiger partial charge < -0.3 is 33.9 Å². The van der Waals surface area contributed by atoms with Crippen molar-refractivity contribution in [3.05, 3.63) is 29.8 Å². The Morgan fingerprint density at radius 3 is 2.43 bits per heavy atom. The van der Waals surface area contributed by atoms with E-state index in [0.717, 1.165) is 4.90 Å². The number of amides is 2. The molecule has 1 aromatic carbocycles. The van der Waals surface area contributed by atoms with Crippen LogP contribution in [0.3, 0.4) is 0 Å². The number of likely N-dealkylation sites (N-methyl/N-ethyl adjacent to an activating group) is 1. The molecule has 51 heavy (non-hydrogen) atoms. The molecule has 1 aromatic rings. The lowest BCUT2D eigenvalue weighted by atomic mass is 9.42. The van der Waals surface area contributed by atoms with Crippen molar-refractivity contribution in [2.75, 3.05) is 45.9 Å². The monoisotopic (exact) mass is 710 g/mol. The number of hydrogen-bond donors (Lipinski definition) is 2. The minimum absolute atomic E-state index is 0.0201. The molecule has 2 heterocycles. The largest absolute Gasteiger partial charge is 0.462 e. The van der Waals surface area contributed by atoms with Crippen molar-refractivity contribution in [1.29, 1.82) is 0 Å². The number of fused-ring (bicyclic) bond motifs is 2. The fraction of sp³-hybridized carbons (Fsp3) is 0.737. The van der Waals surface area contributed by atoms with Crippen LogP contribution < -0.4 is 4.90 Å². The molecule has 13 heteroatoms. The number of likely N-dealkylation sites (tertiary alicyclic amines) is 1. The molecule has 2 amide bonds. The van der Waals surface area contributed by atoms with Crippen molar-refractivity contribution >= 4 is 29.4 Å². The molecule has 5 saturated carbocycles. The number of piperidine rings is 1. The topological polar surface area (TPSA) is 161 Å². The second-order valence-corrected chi connectivity index (χ2v) is 16.3. The lowest BCUT2D eigenvalue weighted by Gasteiger charge is -2.70. The van der Waals surface area contributed by atoms with Gasteiger partial charge in [-0.25, -0.2) is 9.69 Å². The fourth-order valence-electron chi connectivity index (χ4n) is 13.2. The summed E-state index contributed by atoms with van der Waals surface area (Å²) < 4.78 is 31.1. The van der Waals surface area contributed by atoms with Crippen LogP contribution in [0.5, 0.6) is 0 Å². The highest BCUT2D eigenvalue weighted by molar-refractivity contribution is 6.22. The van der Waals surface area contributed by atoms with Gasteiger partial charge in [0.1, 0.15) is 17.3 Å². The Morgan fingerprint density at radius 1 is 1.06 bits per heavy atom. The highest BCUT2D eigenvalue weighted by atomic mass is 16.6. The lowest BCUT2D eigenvalue weighted by molar-refractivity contribution is -0.319. The third-order valence-corrected chi connectivity index (χ3v) is 14.6. The maximum Gasteiger partial charge on any atom is 0.340 e. The summed E-state index contributed by atoms with van der Waals surface area (Å²) in [6.07, 6.45) is -0.303. The first kappa shape index (κ1) is 35.1. The molecule has 7 fully saturated rings. The van der Waals surface area contributed by atoms with Crippen molar-refractivity contribution in [3.63, 3.8) is 0 Å². The predicted octanol–water partition coefficient (Wildman–Crippen LogP) is 1.95. The fourth-order valence-corrected chi connectivity index (χ4v) is 13.2. The van der Waals surface area contributed by atoms with Gasteiger partial charge in [-0.2, -0.15) is 0 Å². The molecule has 7 bridgehead atoms. The molecule has 13 nitrogen and oxygen atoms in total. The second-order valence-electron chi connectivity index (χ2n) is 16.3. The van der Waals surface area contributed by atoms with Crippen molar-refractivity contribution in [2.24, 2.45) is 40.4 Å². The quantitative estimate of drug-likeness (QED) is 0.284. The second kappa shape index (κ2) is 11.8. The molecule has 2 aliphatic heterocycles. The number of imide groups is 1. The van der Waals surface area contributed by atoms with Crippen LogP contribution in [0.15, 0.2) is 24.3 Å². The zero-order chi connectivity index (χ0) is 36.4. The number of anilines is 1. The minimum Gasteiger partial charge on any atom is -0.462 e. The maximum atomic E-state index is 14.1. The highest BCUT2D eigenvalue weighted by Gasteiger charge is 2.92. The third-order valence-electron chi connectivity index (χ3n) is 14.6. The van der Waals surface area contributed by atoms with Crippen molar-refractivity contribution in [1.82, 2.24) is 4.90 Å². The average molecular weight is 711 g/mol. The number of para-hydroxylation sites is 1. The van der Waals surface area contributed by atoms with Gasteiger partial charge in [0.25, 0.3) is 0 Å². The Hall–Kier alpha value is -2.94. The summed E-state index contributed by atoms with van der Waals surface area (Å²) in [4.78, 5) is 55.9. The summed E-state index contributed by atoms with van der Waals surface area (Å²) in [5, 5.41) is 26.7. The Morgan fingerprint density at radius 2 is 1.80 bits per heavy atom. The summed E-state index contributed by atoms with van der Waals surface area (Å²) in [5.41, 5.74) is -4.72. The van der Waals surface area contributed by atoms with Gasteiger partial charge in [0.05, 0.1) is 42.2 Å². The zero-order valence-corrected chi connectivity index (χ0v) is 30.2. The summed E-state index contributed by atoms with van der Waals surface area (Å²) >= 11 is 0. The van der Waals surface area contributed by atoms with Gasteiger partial charge in [-0.3, -0.25) is 19.3 Å². The smallest absolute Gasteiger partial charge is 0.340 e. The van der Waals surface area contributed by atoms with Crippen LogP contribution in [0.4, 0.5) is 5.69 Å². The van der Waals surface area contributed by atoms with Crippen LogP contribution in [0.25, 0.3) is 0 Å². The number of aliphatic hydroxyl groups is 2. The number of carbonyl (C=O) groups excluding carboxylic acids is 4. The standard InChI is InChI=1S/C38H50N2O11/c1-7-39-17-35(18-50-33(44)21-10-8-9-11-24(21)40-27(42)14-19(2)32(40)43)13-12-26(48-5)37-23-15-22-25(47-4)16-36(45,28(23)29(22)51-20(3)41)38(46,34(37)39)31(49-6)30(35)37/h8-11,19,22-23,25-26,28-31,34,45-46H,7,12-18H2,1-6H3/t19-,22-,23-,25+,26?,28-,29+,30-,31+,34?,35+,36-,37?,38?/m1/s1. The summed E-state index contributed by atoms with van der Waals surface area (Å²) in [6.45, 7) is 6.10. The molecule has 5 aliphatic carbocycles. The van der Waals surface area contributed by atoms with Crippen molar-refractivity contribution < 1.29 is 53.1 Å². The van der Waals surface area contributed by atoms with Gasteiger partial charge in [0.2, 0.25) is 11.8 Å². The van der Waals surface area contributed by atoms with Gasteiger partial charge >= 0.3 is 11.9 Å². The number of carbonyl (C=O) groups is 4. The van der Waals surface area contributed by atoms with E-state index in [2.05, 4.69) is 4.90 Å². The lowest BCUT2D eigenvalue weighted by Crippen LogP contribution is -2.82. The number of ether oxygens (including phenoxy) is 5. The van der Waals surface area contributed by atoms with E-state index in [1.807, 2.05) is 6.92 Å². The van der Waals surface area contributed by atoms with Crippen LogP contribution in [-0.2, 0) is 38.1 Å². The van der Waals surface area contributed by atoms with Crippen LogP contribution in [0.2, 0.25) is 0 Å². The van der Waals surface area contributed by atoms with Crippen LogP contribution in [0, 0.1) is 40.4 Å². The molecule has 8 rings (SSSR count). The summed E-state index contributed by atoms with van der Waals surface area (Å²) in [5.74, 6) is -3.74. The number of methoxy groups -OCH3 is 3. The normalized spacial score (nSPS) is 46.4. The third kappa shape index (κ3) is 4.19. The number of hydrogen-bond acceptors (Lipinski definition) is 12. The van der Waals surface area contributed by atoms with Crippen molar-refractivity contribution in [2.45, 2.75) is 94.5 Å². The highest BCUT2D eigenvalue weighted by Crippen LogP contribution is 2.80. The average Bonchev–Trinajstić information content (AvgIpc) is 3.61. The molecular formula is C38H50N2O11. The van der Waals surface area contributed by atoms with Gasteiger partial charge in [0, 0.05) is 82.1 Å². The summed E-state index contributed by atoms with van der Waals surface area (Å²) in [6, 6.07) is 5.95. The van der Waals surface area contributed by atoms with E-state index in [-0.39, 0.29) is 60.5 Å². The molecule has 0 radical (unpaired) electrons. The Balaban J connectivity index is 1.24. The molecule has 14 atom stereocenters. The van der Waals surface area contributed by atoms with E-state index in [1.165, 1.54) is 6.92 Å². The molecule has 2 saturated heterocycles.